The van der Waals surface area contributed by atoms with E-state index in [1.165, 1.54) is 7.11 Å². The second-order valence-corrected chi connectivity index (χ2v) is 14.3. The minimum Gasteiger partial charge on any atom is -0.453 e. The molecule has 1 aliphatic carbocycles. The van der Waals surface area contributed by atoms with Crippen molar-refractivity contribution in [3.05, 3.63) is 131 Å². The number of carbonyl (C=O) groups excluding carboxylic acids is 3. The van der Waals surface area contributed by atoms with Crippen LogP contribution in [0.2, 0.25) is 0 Å². The fraction of sp³-hybridized carbons (Fsp3) is 0.341. The third-order valence-electron chi connectivity index (χ3n) is 9.33. The lowest BCUT2D eigenvalue weighted by atomic mass is 9.86. The monoisotopic (exact) mass is 692 g/mol. The summed E-state index contributed by atoms with van der Waals surface area (Å²) in [5, 5.41) is 30.4. The topological polar surface area (TPSA) is 140 Å². The smallest absolute Gasteiger partial charge is 0.407 e. The average molecular weight is 693 g/mol. The van der Waals surface area contributed by atoms with Crippen molar-refractivity contribution in [2.75, 3.05) is 13.7 Å². The number of ether oxygens (including phenoxy) is 1. The highest BCUT2D eigenvalue weighted by Crippen LogP contribution is 2.32. The van der Waals surface area contributed by atoms with Gasteiger partial charge in [0.15, 0.2) is 0 Å². The molecule has 0 saturated carbocycles. The van der Waals surface area contributed by atoms with Gasteiger partial charge >= 0.3 is 6.09 Å². The molecule has 10 heteroatoms. The molecule has 0 radical (unpaired) electrons. The van der Waals surface area contributed by atoms with Crippen LogP contribution in [0.25, 0.3) is 11.1 Å². The Morgan fingerprint density at radius 1 is 0.843 bits per heavy atom. The van der Waals surface area contributed by atoms with E-state index in [2.05, 4.69) is 16.1 Å². The first kappa shape index (κ1) is 37.2. The molecule has 4 aromatic rings. The van der Waals surface area contributed by atoms with E-state index in [4.69, 9.17) is 4.74 Å². The molecule has 0 saturated heterocycles. The Kier molecular flexibility index (Phi) is 11.9. The zero-order valence-corrected chi connectivity index (χ0v) is 29.6. The molecule has 4 atom stereocenters. The Bertz CT molecular complexity index is 1780. The fourth-order valence-corrected chi connectivity index (χ4v) is 6.46. The number of alkyl carbamates (subject to hydrolysis) is 1. The van der Waals surface area contributed by atoms with Crippen molar-refractivity contribution in [1.82, 2.24) is 21.1 Å². The van der Waals surface area contributed by atoms with Crippen LogP contribution >= 0.6 is 0 Å². The van der Waals surface area contributed by atoms with Crippen LogP contribution in [0.15, 0.2) is 109 Å². The van der Waals surface area contributed by atoms with Gasteiger partial charge in [-0.15, -0.1) is 0 Å². The van der Waals surface area contributed by atoms with E-state index in [-0.39, 0.29) is 25.9 Å². The molecular formula is C41H48N4O6. The van der Waals surface area contributed by atoms with E-state index in [0.717, 1.165) is 33.4 Å². The molecule has 4 aromatic carbocycles. The maximum atomic E-state index is 14.1. The SMILES string of the molecule is COC(=O)N[C@H](C(=O)NN(CC[C@@](O)(Cc1ccccc1)C(=O)N[C@H]1c2ccccc2C[C@H]1O)Cc1ccc(-c2ccccc2)cc1)C(C)(C)C. The Morgan fingerprint density at radius 3 is 2.10 bits per heavy atom. The number of nitrogens with one attached hydrogen (secondary N) is 3. The van der Waals surface area contributed by atoms with E-state index in [9.17, 15) is 24.6 Å². The molecule has 0 heterocycles. The number of hydrogen-bond donors (Lipinski definition) is 5. The third kappa shape index (κ3) is 9.61. The predicted molar refractivity (Wildman–Crippen MR) is 196 cm³/mol. The van der Waals surface area contributed by atoms with Gasteiger partial charge in [0.25, 0.3) is 11.8 Å². The highest BCUT2D eigenvalue weighted by molar-refractivity contribution is 5.87. The minimum absolute atomic E-state index is 0.00616. The molecule has 3 amide bonds. The number of hydrazine groups is 1. The second-order valence-electron chi connectivity index (χ2n) is 14.3. The predicted octanol–water partition coefficient (Wildman–Crippen LogP) is 5.10. The lowest BCUT2D eigenvalue weighted by Gasteiger charge is -2.35. The fourth-order valence-electron chi connectivity index (χ4n) is 6.46. The largest absolute Gasteiger partial charge is 0.453 e. The molecule has 51 heavy (non-hydrogen) atoms. The van der Waals surface area contributed by atoms with Gasteiger partial charge in [0.2, 0.25) is 0 Å². The van der Waals surface area contributed by atoms with Crippen LogP contribution in [0.1, 0.15) is 55.5 Å². The summed E-state index contributed by atoms with van der Waals surface area (Å²) in [5.41, 5.74) is 5.88. The maximum Gasteiger partial charge on any atom is 0.407 e. The number of aliphatic hydroxyl groups excluding tert-OH is 1. The Morgan fingerprint density at radius 2 is 1.45 bits per heavy atom. The summed E-state index contributed by atoms with van der Waals surface area (Å²) in [4.78, 5) is 40.1. The minimum atomic E-state index is -1.91. The summed E-state index contributed by atoms with van der Waals surface area (Å²) in [6, 6.07) is 33.1. The van der Waals surface area contributed by atoms with Gasteiger partial charge in [0.1, 0.15) is 11.6 Å². The summed E-state index contributed by atoms with van der Waals surface area (Å²) in [7, 11) is 1.24. The van der Waals surface area contributed by atoms with Gasteiger partial charge in [-0.1, -0.05) is 130 Å². The average Bonchev–Trinajstić information content (AvgIpc) is 3.44. The molecule has 1 aliphatic rings. The second kappa shape index (κ2) is 16.3. The number of carbonyl (C=O) groups is 3. The number of benzene rings is 4. The van der Waals surface area contributed by atoms with Gasteiger partial charge in [-0.2, -0.15) is 0 Å². The first-order valence-electron chi connectivity index (χ1n) is 17.2. The zero-order valence-electron chi connectivity index (χ0n) is 29.6. The van der Waals surface area contributed by atoms with E-state index >= 15 is 0 Å². The number of nitrogens with zero attached hydrogens (tertiary/aromatic N) is 1. The quantitative estimate of drug-likeness (QED) is 0.123. The van der Waals surface area contributed by atoms with Gasteiger partial charge in [-0.25, -0.2) is 9.80 Å². The standard InChI is InChI=1S/C41H48N4O6/c1-40(2,3)36(43-39(49)51-4)37(47)44-45(27-29-19-21-31(22-20-29)30-15-9-6-10-16-30)24-23-41(50,26-28-13-7-5-8-14-28)38(48)42-35-33-18-12-11-17-32(33)25-34(35)46/h5-22,34-36,46,50H,23-27H2,1-4H3,(H,42,48)(H,43,49)(H,44,47)/t34-,35+,36-,41-/m1/s1. The molecule has 5 N–H and O–H groups in total. The molecule has 0 fully saturated rings. The summed E-state index contributed by atoms with van der Waals surface area (Å²) >= 11 is 0. The van der Waals surface area contributed by atoms with Crippen molar-refractivity contribution in [3.8, 4) is 11.1 Å². The number of rotatable bonds is 13. The van der Waals surface area contributed by atoms with Crippen LogP contribution < -0.4 is 16.1 Å². The molecule has 268 valence electrons. The van der Waals surface area contributed by atoms with Crippen molar-refractivity contribution < 1.29 is 29.3 Å². The molecule has 0 aliphatic heterocycles. The molecule has 0 unspecified atom stereocenters. The van der Waals surface area contributed by atoms with Gasteiger partial charge < -0.3 is 25.6 Å². The number of fused-ring (bicyclic) bond motifs is 1. The van der Waals surface area contributed by atoms with E-state index in [1.807, 2.05) is 130 Å². The summed E-state index contributed by atoms with van der Waals surface area (Å²) < 4.78 is 4.79. The van der Waals surface area contributed by atoms with E-state index < -0.39 is 47.1 Å². The lowest BCUT2D eigenvalue weighted by Crippen LogP contribution is -2.58. The number of amides is 3. The van der Waals surface area contributed by atoms with Gasteiger partial charge in [-0.05, 0) is 38.8 Å². The van der Waals surface area contributed by atoms with Gasteiger partial charge in [0.05, 0.1) is 19.3 Å². The first-order valence-corrected chi connectivity index (χ1v) is 17.2. The van der Waals surface area contributed by atoms with Crippen molar-refractivity contribution >= 4 is 17.9 Å². The number of hydrogen-bond acceptors (Lipinski definition) is 7. The van der Waals surface area contributed by atoms with E-state index in [1.54, 1.807) is 5.01 Å². The van der Waals surface area contributed by atoms with Crippen LogP contribution in [0.4, 0.5) is 4.79 Å². The van der Waals surface area contributed by atoms with Gasteiger partial charge in [0, 0.05) is 32.4 Å². The van der Waals surface area contributed by atoms with Crippen LogP contribution in [0, 0.1) is 5.41 Å². The van der Waals surface area contributed by atoms with Crippen molar-refractivity contribution in [2.24, 2.45) is 5.41 Å². The molecule has 0 aromatic heterocycles. The van der Waals surface area contributed by atoms with Crippen molar-refractivity contribution in [3.63, 3.8) is 0 Å². The Balaban J connectivity index is 1.41. The summed E-state index contributed by atoms with van der Waals surface area (Å²) in [6.07, 6.45) is -1.23. The third-order valence-corrected chi connectivity index (χ3v) is 9.33. The molecule has 5 rings (SSSR count). The highest BCUT2D eigenvalue weighted by atomic mass is 16.5. The number of aliphatic hydroxyl groups is 2. The van der Waals surface area contributed by atoms with Crippen molar-refractivity contribution in [2.45, 2.75) is 70.4 Å². The lowest BCUT2D eigenvalue weighted by molar-refractivity contribution is -0.143. The normalized spacial score (nSPS) is 17.2. The number of methoxy groups -OCH3 is 1. The Labute approximate surface area is 299 Å². The first-order chi connectivity index (χ1) is 24.4. The van der Waals surface area contributed by atoms with Crippen molar-refractivity contribution in [1.29, 1.82) is 0 Å². The van der Waals surface area contributed by atoms with Crippen LogP contribution in [-0.2, 0) is 33.7 Å². The molecular weight excluding hydrogens is 644 g/mol. The molecule has 0 spiro atoms. The van der Waals surface area contributed by atoms with Crippen LogP contribution in [0.5, 0.6) is 0 Å². The highest BCUT2D eigenvalue weighted by Gasteiger charge is 2.41. The maximum absolute atomic E-state index is 14.1. The molecule has 0 bridgehead atoms. The van der Waals surface area contributed by atoms with Crippen LogP contribution in [0.3, 0.4) is 0 Å². The zero-order chi connectivity index (χ0) is 36.6. The summed E-state index contributed by atoms with van der Waals surface area (Å²) in [6.45, 7) is 5.81. The van der Waals surface area contributed by atoms with E-state index in [0.29, 0.717) is 6.42 Å². The molecule has 10 nitrogen and oxygen atoms in total. The Hall–Kier alpha value is -5.03. The van der Waals surface area contributed by atoms with Crippen LogP contribution in [-0.4, -0.2) is 64.5 Å². The van der Waals surface area contributed by atoms with Gasteiger partial charge in [-0.3, -0.25) is 15.0 Å². The summed E-state index contributed by atoms with van der Waals surface area (Å²) in [5.74, 6) is -1.10.